The van der Waals surface area contributed by atoms with Crippen LogP contribution in [0.2, 0.25) is 0 Å². The van der Waals surface area contributed by atoms with Crippen LogP contribution < -0.4 is 0 Å². The Bertz CT molecular complexity index is 1370. The van der Waals surface area contributed by atoms with Crippen LogP contribution in [0.15, 0.2) is 114 Å². The number of carboxylic acid groups (broad SMARTS) is 1. The summed E-state index contributed by atoms with van der Waals surface area (Å²) in [7, 11) is -3.76. The van der Waals surface area contributed by atoms with E-state index in [1.165, 1.54) is 4.31 Å². The third kappa shape index (κ3) is 6.44. The van der Waals surface area contributed by atoms with Gasteiger partial charge in [-0.2, -0.15) is 4.31 Å². The molecule has 1 N–H and O–H groups in total. The highest BCUT2D eigenvalue weighted by molar-refractivity contribution is 7.89. The largest absolute Gasteiger partial charge is 0.481 e. The summed E-state index contributed by atoms with van der Waals surface area (Å²) in [4.78, 5) is 11.2. The van der Waals surface area contributed by atoms with Gasteiger partial charge in [-0.15, -0.1) is 0 Å². The van der Waals surface area contributed by atoms with E-state index in [0.29, 0.717) is 6.42 Å². The molecule has 4 aromatic carbocycles. The van der Waals surface area contributed by atoms with Gasteiger partial charge in [0.2, 0.25) is 10.0 Å². The molecule has 6 heteroatoms. The molecule has 0 aliphatic rings. The van der Waals surface area contributed by atoms with Crippen LogP contribution in [0.25, 0.3) is 11.1 Å². The summed E-state index contributed by atoms with van der Waals surface area (Å²) in [6, 6.07) is 33.8. The highest BCUT2D eigenvalue weighted by atomic mass is 32.2. The van der Waals surface area contributed by atoms with Gasteiger partial charge in [-0.25, -0.2) is 8.42 Å². The van der Waals surface area contributed by atoms with Crippen molar-refractivity contribution in [1.82, 2.24) is 4.31 Å². The lowest BCUT2D eigenvalue weighted by atomic mass is 10.0. The van der Waals surface area contributed by atoms with Crippen LogP contribution in [-0.2, 0) is 34.3 Å². The Hall–Kier alpha value is -3.74. The first-order valence-electron chi connectivity index (χ1n) is 11.4. The Balaban J connectivity index is 1.61. The molecule has 0 spiro atoms. The molecule has 5 nitrogen and oxygen atoms in total. The normalized spacial score (nSPS) is 11.5. The van der Waals surface area contributed by atoms with Gasteiger partial charge in [0, 0.05) is 19.5 Å². The lowest BCUT2D eigenvalue weighted by molar-refractivity contribution is -0.136. The summed E-state index contributed by atoms with van der Waals surface area (Å²) in [6.45, 7) is 0.393. The molecule has 0 unspecified atom stereocenters. The second kappa shape index (κ2) is 11.1. The van der Waals surface area contributed by atoms with Gasteiger partial charge in [0.1, 0.15) is 0 Å². The maximum atomic E-state index is 13.6. The van der Waals surface area contributed by atoms with Crippen molar-refractivity contribution in [1.29, 1.82) is 0 Å². The Labute approximate surface area is 206 Å². The van der Waals surface area contributed by atoms with Gasteiger partial charge in [0.15, 0.2) is 0 Å². The quantitative estimate of drug-likeness (QED) is 0.310. The number of carbonyl (C=O) groups is 1. The van der Waals surface area contributed by atoms with Crippen LogP contribution in [0, 0.1) is 0 Å². The number of sulfonamides is 1. The van der Waals surface area contributed by atoms with E-state index in [1.807, 2.05) is 78.9 Å². The molecular weight excluding hydrogens is 458 g/mol. The summed E-state index contributed by atoms with van der Waals surface area (Å²) >= 11 is 0. The monoisotopic (exact) mass is 485 g/mol. The van der Waals surface area contributed by atoms with Gasteiger partial charge < -0.3 is 5.11 Å². The zero-order chi connectivity index (χ0) is 24.7. The number of carboxylic acids is 1. The highest BCUT2D eigenvalue weighted by Gasteiger charge is 2.25. The number of benzene rings is 4. The van der Waals surface area contributed by atoms with Gasteiger partial charge in [0.05, 0.1) is 4.90 Å². The average Bonchev–Trinajstić information content (AvgIpc) is 2.89. The fourth-order valence-corrected chi connectivity index (χ4v) is 5.38. The molecule has 0 aliphatic carbocycles. The molecule has 4 aromatic rings. The Kier molecular flexibility index (Phi) is 7.75. The van der Waals surface area contributed by atoms with Gasteiger partial charge in [-0.1, -0.05) is 97.1 Å². The summed E-state index contributed by atoms with van der Waals surface area (Å²) in [5, 5.41) is 8.99. The minimum absolute atomic E-state index is 0.0310. The van der Waals surface area contributed by atoms with E-state index in [-0.39, 0.29) is 24.4 Å². The van der Waals surface area contributed by atoms with Crippen LogP contribution >= 0.6 is 0 Å². The predicted octanol–water partition coefficient (Wildman–Crippen LogP) is 5.76. The van der Waals surface area contributed by atoms with E-state index < -0.39 is 16.0 Å². The van der Waals surface area contributed by atoms with Crippen LogP contribution in [0.3, 0.4) is 0 Å². The molecular formula is C29H27NO4S. The maximum Gasteiger partial charge on any atom is 0.303 e. The summed E-state index contributed by atoms with van der Waals surface area (Å²) in [6.07, 6.45) is 0.429. The van der Waals surface area contributed by atoms with Crippen molar-refractivity contribution in [3.8, 4) is 11.1 Å². The third-order valence-electron chi connectivity index (χ3n) is 5.78. The van der Waals surface area contributed by atoms with Crippen molar-refractivity contribution in [2.45, 2.75) is 30.8 Å². The van der Waals surface area contributed by atoms with Crippen molar-refractivity contribution >= 4 is 16.0 Å². The molecule has 0 amide bonds. The smallest absolute Gasteiger partial charge is 0.303 e. The molecule has 178 valence electrons. The number of hydrogen-bond acceptors (Lipinski definition) is 3. The molecule has 0 heterocycles. The molecule has 4 rings (SSSR count). The Morgan fingerprint density at radius 1 is 0.657 bits per heavy atom. The van der Waals surface area contributed by atoms with E-state index in [2.05, 4.69) is 0 Å². The molecule has 0 aliphatic heterocycles. The summed E-state index contributed by atoms with van der Waals surface area (Å²) < 4.78 is 28.6. The fraction of sp³-hybridized carbons (Fsp3) is 0.138. The van der Waals surface area contributed by atoms with Crippen LogP contribution in [0.1, 0.15) is 23.1 Å². The zero-order valence-corrected chi connectivity index (χ0v) is 20.1. The van der Waals surface area contributed by atoms with Crippen molar-refractivity contribution in [2.24, 2.45) is 0 Å². The summed E-state index contributed by atoms with van der Waals surface area (Å²) in [5.41, 5.74) is 4.73. The highest BCUT2D eigenvalue weighted by Crippen LogP contribution is 2.24. The molecule has 0 saturated carbocycles. The molecule has 0 atom stereocenters. The van der Waals surface area contributed by atoms with Crippen molar-refractivity contribution in [3.63, 3.8) is 0 Å². The standard InChI is InChI=1S/C29H27NO4S/c31-29(32)19-16-23-8-7-9-25(20-23)22-30(35(33,34)28-12-5-2-6-13-28)21-24-14-17-27(18-15-24)26-10-3-1-4-11-26/h1-15,17-18,20H,16,19,21-22H2,(H,31,32). The Morgan fingerprint density at radius 2 is 1.23 bits per heavy atom. The molecule has 0 aromatic heterocycles. The number of aliphatic carboxylic acids is 1. The second-order valence-electron chi connectivity index (χ2n) is 8.36. The van der Waals surface area contributed by atoms with E-state index in [4.69, 9.17) is 5.11 Å². The molecule has 35 heavy (non-hydrogen) atoms. The minimum Gasteiger partial charge on any atom is -0.481 e. The van der Waals surface area contributed by atoms with Crippen LogP contribution in [-0.4, -0.2) is 23.8 Å². The first-order chi connectivity index (χ1) is 16.9. The predicted molar refractivity (Wildman–Crippen MR) is 137 cm³/mol. The topological polar surface area (TPSA) is 74.7 Å². The first-order valence-corrected chi connectivity index (χ1v) is 12.8. The fourth-order valence-electron chi connectivity index (χ4n) is 3.94. The average molecular weight is 486 g/mol. The lowest BCUT2D eigenvalue weighted by Crippen LogP contribution is -2.30. The SMILES string of the molecule is O=C(O)CCc1cccc(CN(Cc2ccc(-c3ccccc3)cc2)S(=O)(=O)c2ccccc2)c1. The van der Waals surface area contributed by atoms with Crippen LogP contribution in [0.4, 0.5) is 0 Å². The van der Waals surface area contributed by atoms with Crippen molar-refractivity contribution in [2.75, 3.05) is 0 Å². The number of rotatable bonds is 10. The third-order valence-corrected chi connectivity index (χ3v) is 7.58. The maximum absolute atomic E-state index is 13.6. The Morgan fingerprint density at radius 3 is 1.89 bits per heavy atom. The molecule has 0 saturated heterocycles. The van der Waals surface area contributed by atoms with E-state index in [1.54, 1.807) is 30.3 Å². The van der Waals surface area contributed by atoms with Crippen molar-refractivity contribution in [3.05, 3.63) is 126 Å². The van der Waals surface area contributed by atoms with Gasteiger partial charge in [-0.05, 0) is 46.4 Å². The number of hydrogen-bond donors (Lipinski definition) is 1. The second-order valence-corrected chi connectivity index (χ2v) is 10.3. The molecule has 0 radical (unpaired) electrons. The van der Waals surface area contributed by atoms with Crippen LogP contribution in [0.5, 0.6) is 0 Å². The molecule has 0 fully saturated rings. The van der Waals surface area contributed by atoms with E-state index in [0.717, 1.165) is 27.8 Å². The van der Waals surface area contributed by atoms with Gasteiger partial charge in [0.25, 0.3) is 0 Å². The number of aryl methyl sites for hydroxylation is 1. The first kappa shape index (κ1) is 24.4. The molecule has 0 bridgehead atoms. The van der Waals surface area contributed by atoms with E-state index >= 15 is 0 Å². The number of nitrogens with zero attached hydrogens (tertiary/aromatic N) is 1. The lowest BCUT2D eigenvalue weighted by Gasteiger charge is -2.23. The minimum atomic E-state index is -3.76. The zero-order valence-electron chi connectivity index (χ0n) is 19.2. The van der Waals surface area contributed by atoms with Crippen molar-refractivity contribution < 1.29 is 18.3 Å². The van der Waals surface area contributed by atoms with Gasteiger partial charge >= 0.3 is 5.97 Å². The summed E-state index contributed by atoms with van der Waals surface area (Å²) in [5.74, 6) is -0.859. The van der Waals surface area contributed by atoms with E-state index in [9.17, 15) is 13.2 Å². The van der Waals surface area contributed by atoms with Gasteiger partial charge in [-0.3, -0.25) is 4.79 Å².